The Bertz CT molecular complexity index is 631. The van der Waals surface area contributed by atoms with Gasteiger partial charge >= 0.3 is 0 Å². The summed E-state index contributed by atoms with van der Waals surface area (Å²) >= 11 is 6.14. The van der Waals surface area contributed by atoms with Gasteiger partial charge in [0.15, 0.2) is 5.96 Å². The lowest BCUT2D eigenvalue weighted by Gasteiger charge is -2.37. The fraction of sp³-hybridized carbons (Fsp3) is 0.667. The molecule has 3 rings (SSSR count). The van der Waals surface area contributed by atoms with E-state index in [1.807, 2.05) is 18.2 Å². The average Bonchev–Trinajstić information content (AvgIpc) is 2.72. The maximum Gasteiger partial charge on any atom is 0.194 e. The van der Waals surface area contributed by atoms with E-state index in [0.29, 0.717) is 0 Å². The molecular formula is C21H35ClIN5O. The normalized spacial score (nSPS) is 19.2. The van der Waals surface area contributed by atoms with Crippen LogP contribution >= 0.6 is 35.6 Å². The summed E-state index contributed by atoms with van der Waals surface area (Å²) in [7, 11) is 0. The molecule has 0 unspecified atom stereocenters. The van der Waals surface area contributed by atoms with E-state index in [1.54, 1.807) is 0 Å². The van der Waals surface area contributed by atoms with Crippen molar-refractivity contribution in [1.29, 1.82) is 0 Å². The van der Waals surface area contributed by atoms with Crippen LogP contribution in [0.5, 0.6) is 0 Å². The number of hydrogen-bond acceptors (Lipinski definition) is 4. The predicted molar refractivity (Wildman–Crippen MR) is 133 cm³/mol. The topological polar surface area (TPSA) is 54.3 Å². The number of aliphatic hydroxyl groups is 1. The number of halogens is 2. The number of piperidine rings is 1. The Morgan fingerprint density at radius 1 is 1.17 bits per heavy atom. The second kappa shape index (κ2) is 12.8. The molecule has 2 fully saturated rings. The molecule has 164 valence electrons. The number of rotatable bonds is 6. The Balaban J connectivity index is 0.00000300. The molecule has 0 aliphatic carbocycles. The molecule has 0 spiro atoms. The molecule has 0 atom stereocenters. The third kappa shape index (κ3) is 7.77. The van der Waals surface area contributed by atoms with E-state index in [9.17, 15) is 5.11 Å². The molecule has 8 heteroatoms. The van der Waals surface area contributed by atoms with E-state index < -0.39 is 0 Å². The minimum Gasteiger partial charge on any atom is -0.393 e. The predicted octanol–water partition coefficient (Wildman–Crippen LogP) is 2.89. The number of nitrogens with zero attached hydrogens (tertiary/aromatic N) is 4. The van der Waals surface area contributed by atoms with Crippen molar-refractivity contribution < 1.29 is 5.11 Å². The highest BCUT2D eigenvalue weighted by Gasteiger charge is 2.20. The van der Waals surface area contributed by atoms with Crippen LogP contribution in [0.15, 0.2) is 29.3 Å². The lowest BCUT2D eigenvalue weighted by molar-refractivity contribution is 0.0824. The standard InChI is InChI=1S/C21H34ClN5O.HI/c1-2-23-21(24-9-4-10-25-11-7-20(28)8-12-25)27-15-13-26(14-16-27)19-6-3-5-18(22)17-19;/h3,5-6,17,20,28H,2,4,7-16H2,1H3,(H,23,24);1H. The quantitative estimate of drug-likeness (QED) is 0.254. The van der Waals surface area contributed by atoms with Crippen molar-refractivity contribution in [2.24, 2.45) is 4.99 Å². The molecule has 0 amide bonds. The average molecular weight is 536 g/mol. The van der Waals surface area contributed by atoms with E-state index in [2.05, 4.69) is 33.0 Å². The Kier molecular flexibility index (Phi) is 10.8. The Morgan fingerprint density at radius 2 is 1.90 bits per heavy atom. The molecule has 2 N–H and O–H groups in total. The van der Waals surface area contributed by atoms with Crippen LogP contribution in [-0.4, -0.2) is 85.9 Å². The summed E-state index contributed by atoms with van der Waals surface area (Å²) in [6, 6.07) is 8.10. The van der Waals surface area contributed by atoms with Crippen molar-refractivity contribution in [2.45, 2.75) is 32.3 Å². The van der Waals surface area contributed by atoms with Gasteiger partial charge in [0, 0.05) is 63.1 Å². The summed E-state index contributed by atoms with van der Waals surface area (Å²) in [5.74, 6) is 1.03. The summed E-state index contributed by atoms with van der Waals surface area (Å²) in [6.45, 7) is 10.8. The number of guanidine groups is 1. The van der Waals surface area contributed by atoms with Gasteiger partial charge in [0.25, 0.3) is 0 Å². The van der Waals surface area contributed by atoms with Gasteiger partial charge in [-0.05, 0) is 50.9 Å². The van der Waals surface area contributed by atoms with Gasteiger partial charge in [-0.2, -0.15) is 0 Å². The van der Waals surface area contributed by atoms with Gasteiger partial charge in [0.1, 0.15) is 0 Å². The number of benzene rings is 1. The first kappa shape index (κ1) is 24.5. The maximum absolute atomic E-state index is 9.61. The monoisotopic (exact) mass is 535 g/mol. The summed E-state index contributed by atoms with van der Waals surface area (Å²) in [6.07, 6.45) is 2.78. The number of nitrogens with one attached hydrogen (secondary N) is 1. The highest BCUT2D eigenvalue weighted by molar-refractivity contribution is 14.0. The first-order chi connectivity index (χ1) is 13.7. The van der Waals surface area contributed by atoms with Crippen LogP contribution in [0.4, 0.5) is 5.69 Å². The van der Waals surface area contributed by atoms with Crippen LogP contribution in [-0.2, 0) is 0 Å². The number of piperazine rings is 1. The van der Waals surface area contributed by atoms with Gasteiger partial charge in [0.05, 0.1) is 6.10 Å². The minimum atomic E-state index is -0.0970. The zero-order valence-corrected chi connectivity index (χ0v) is 20.5. The third-order valence-corrected chi connectivity index (χ3v) is 5.77. The molecular weight excluding hydrogens is 501 g/mol. The SMILES string of the molecule is CCNC(=NCCCN1CCC(O)CC1)N1CCN(c2cccc(Cl)c2)CC1.I. The molecule has 0 aromatic heterocycles. The van der Waals surface area contributed by atoms with Crippen LogP contribution in [0.25, 0.3) is 0 Å². The molecule has 2 saturated heterocycles. The molecule has 29 heavy (non-hydrogen) atoms. The van der Waals surface area contributed by atoms with Gasteiger partial charge in [0.2, 0.25) is 0 Å². The number of likely N-dealkylation sites (tertiary alicyclic amines) is 1. The lowest BCUT2D eigenvalue weighted by atomic mass is 10.1. The number of anilines is 1. The molecule has 1 aromatic carbocycles. The lowest BCUT2D eigenvalue weighted by Crippen LogP contribution is -2.52. The molecule has 2 aliphatic rings. The Labute approximate surface area is 197 Å². The minimum absolute atomic E-state index is 0. The van der Waals surface area contributed by atoms with Crippen molar-refractivity contribution in [3.05, 3.63) is 29.3 Å². The van der Waals surface area contributed by atoms with Gasteiger partial charge < -0.3 is 25.1 Å². The van der Waals surface area contributed by atoms with Crippen molar-refractivity contribution in [1.82, 2.24) is 15.1 Å². The van der Waals surface area contributed by atoms with Gasteiger partial charge in [-0.1, -0.05) is 17.7 Å². The second-order valence-corrected chi connectivity index (χ2v) is 8.05. The third-order valence-electron chi connectivity index (χ3n) is 5.54. The van der Waals surface area contributed by atoms with Crippen molar-refractivity contribution in [2.75, 3.05) is 63.8 Å². The molecule has 1 aromatic rings. The van der Waals surface area contributed by atoms with Gasteiger partial charge in [-0.25, -0.2) is 0 Å². The first-order valence-corrected chi connectivity index (χ1v) is 11.0. The molecule has 0 bridgehead atoms. The van der Waals surface area contributed by atoms with E-state index in [-0.39, 0.29) is 30.1 Å². The van der Waals surface area contributed by atoms with Crippen LogP contribution in [0.3, 0.4) is 0 Å². The van der Waals surface area contributed by atoms with Crippen LogP contribution in [0.1, 0.15) is 26.2 Å². The van der Waals surface area contributed by atoms with E-state index in [4.69, 9.17) is 16.6 Å². The fourth-order valence-electron chi connectivity index (χ4n) is 3.90. The maximum atomic E-state index is 9.61. The highest BCUT2D eigenvalue weighted by Crippen LogP contribution is 2.20. The van der Waals surface area contributed by atoms with E-state index in [0.717, 1.165) is 89.1 Å². The molecule has 2 aliphatic heterocycles. The zero-order chi connectivity index (χ0) is 19.8. The number of hydrogen-bond donors (Lipinski definition) is 2. The van der Waals surface area contributed by atoms with Crippen molar-refractivity contribution in [3.63, 3.8) is 0 Å². The van der Waals surface area contributed by atoms with Crippen LogP contribution in [0.2, 0.25) is 5.02 Å². The highest BCUT2D eigenvalue weighted by atomic mass is 127. The molecule has 0 radical (unpaired) electrons. The summed E-state index contributed by atoms with van der Waals surface area (Å²) in [5, 5.41) is 13.8. The van der Waals surface area contributed by atoms with Crippen molar-refractivity contribution >= 4 is 47.2 Å². The zero-order valence-electron chi connectivity index (χ0n) is 17.4. The van der Waals surface area contributed by atoms with Crippen LogP contribution in [0, 0.1) is 0 Å². The van der Waals surface area contributed by atoms with E-state index >= 15 is 0 Å². The molecule has 0 saturated carbocycles. The van der Waals surface area contributed by atoms with Crippen LogP contribution < -0.4 is 10.2 Å². The number of aliphatic hydroxyl groups excluding tert-OH is 1. The molecule has 6 nitrogen and oxygen atoms in total. The summed E-state index contributed by atoms with van der Waals surface area (Å²) in [4.78, 5) is 12.1. The van der Waals surface area contributed by atoms with Crippen molar-refractivity contribution in [3.8, 4) is 0 Å². The molecule has 2 heterocycles. The van der Waals surface area contributed by atoms with Gasteiger partial charge in [-0.3, -0.25) is 4.99 Å². The van der Waals surface area contributed by atoms with Gasteiger partial charge in [-0.15, -0.1) is 24.0 Å². The first-order valence-electron chi connectivity index (χ1n) is 10.6. The Hall–Kier alpha value is -0.770. The Morgan fingerprint density at radius 3 is 2.55 bits per heavy atom. The number of aliphatic imine (C=N–C) groups is 1. The smallest absolute Gasteiger partial charge is 0.194 e. The summed E-state index contributed by atoms with van der Waals surface area (Å²) < 4.78 is 0. The van der Waals surface area contributed by atoms with E-state index in [1.165, 1.54) is 5.69 Å². The largest absolute Gasteiger partial charge is 0.393 e. The fourth-order valence-corrected chi connectivity index (χ4v) is 4.08. The summed E-state index contributed by atoms with van der Waals surface area (Å²) in [5.41, 5.74) is 1.20. The second-order valence-electron chi connectivity index (χ2n) is 7.62.